The minimum absolute atomic E-state index is 0.00621. The second-order valence-electron chi connectivity index (χ2n) is 5.46. The van der Waals surface area contributed by atoms with Gasteiger partial charge in [0.1, 0.15) is 6.33 Å². The van der Waals surface area contributed by atoms with E-state index in [-0.39, 0.29) is 5.91 Å². The van der Waals surface area contributed by atoms with Gasteiger partial charge in [0.15, 0.2) is 5.16 Å². The number of carbonyl (C=O) groups excluding carboxylic acids is 1. The molecule has 0 unspecified atom stereocenters. The van der Waals surface area contributed by atoms with E-state index in [0.717, 1.165) is 22.0 Å². The fourth-order valence-corrected chi connectivity index (χ4v) is 3.01. The molecule has 2 aromatic heterocycles. The Balaban J connectivity index is 1.58. The zero-order valence-corrected chi connectivity index (χ0v) is 14.3. The van der Waals surface area contributed by atoms with Crippen LogP contribution in [0.2, 0.25) is 0 Å². The fraction of sp³-hybridized carbons (Fsp3) is 0.250. The number of amides is 1. The molecule has 0 fully saturated rings. The molecule has 1 aromatic carbocycles. The molecule has 0 aliphatic heterocycles. The van der Waals surface area contributed by atoms with Gasteiger partial charge in [-0.1, -0.05) is 23.9 Å². The third kappa shape index (κ3) is 4.02. The molecule has 7 nitrogen and oxygen atoms in total. The molecule has 8 heteroatoms. The molecule has 0 saturated carbocycles. The highest BCUT2D eigenvalue weighted by atomic mass is 32.2. The van der Waals surface area contributed by atoms with Gasteiger partial charge < -0.3 is 4.90 Å². The van der Waals surface area contributed by atoms with Crippen molar-refractivity contribution in [1.82, 2.24) is 29.9 Å². The topological polar surface area (TPSA) is 79.7 Å². The molecule has 0 spiro atoms. The third-order valence-electron chi connectivity index (χ3n) is 3.49. The summed E-state index contributed by atoms with van der Waals surface area (Å²) >= 11 is 1.57. The van der Waals surface area contributed by atoms with E-state index in [0.29, 0.717) is 12.1 Å². The van der Waals surface area contributed by atoms with Crippen LogP contribution >= 0.6 is 11.8 Å². The summed E-state index contributed by atoms with van der Waals surface area (Å²) in [5, 5.41) is 11.5. The van der Waals surface area contributed by atoms with Crippen molar-refractivity contribution in [2.75, 3.05) is 7.05 Å². The molecular weight excluding hydrogens is 324 g/mol. The largest absolute Gasteiger partial charge is 0.337 e. The molecule has 0 saturated heterocycles. The van der Waals surface area contributed by atoms with Crippen LogP contribution < -0.4 is 0 Å². The molecule has 3 rings (SSSR count). The first kappa shape index (κ1) is 16.3. The van der Waals surface area contributed by atoms with E-state index in [1.54, 1.807) is 34.6 Å². The summed E-state index contributed by atoms with van der Waals surface area (Å²) in [6.45, 7) is 0.537. The molecule has 24 heavy (non-hydrogen) atoms. The molecule has 0 bridgehead atoms. The van der Waals surface area contributed by atoms with Gasteiger partial charge in [-0.15, -0.1) is 0 Å². The minimum Gasteiger partial charge on any atom is -0.337 e. The Labute approximate surface area is 144 Å². The van der Waals surface area contributed by atoms with Crippen LogP contribution in [0.4, 0.5) is 0 Å². The fourth-order valence-electron chi connectivity index (χ4n) is 2.28. The number of rotatable bonds is 6. The summed E-state index contributed by atoms with van der Waals surface area (Å²) in [7, 11) is 3.66. The molecule has 1 N–H and O–H groups in total. The first-order chi connectivity index (χ1) is 11.6. The molecule has 0 atom stereocenters. The Bertz CT molecular complexity index is 796. The van der Waals surface area contributed by atoms with Crippen LogP contribution in [0, 0.1) is 0 Å². The number of aromatic amines is 1. The average molecular weight is 342 g/mol. The van der Waals surface area contributed by atoms with Gasteiger partial charge in [-0.2, -0.15) is 10.2 Å². The number of nitrogens with zero attached hydrogens (tertiary/aromatic N) is 5. The Kier molecular flexibility index (Phi) is 4.95. The van der Waals surface area contributed by atoms with Crippen LogP contribution in [0.5, 0.6) is 0 Å². The number of hydrogen-bond acceptors (Lipinski definition) is 5. The van der Waals surface area contributed by atoms with Gasteiger partial charge >= 0.3 is 0 Å². The predicted molar refractivity (Wildman–Crippen MR) is 91.4 cm³/mol. The predicted octanol–water partition coefficient (Wildman–Crippen LogP) is 2.10. The zero-order valence-electron chi connectivity index (χ0n) is 13.5. The van der Waals surface area contributed by atoms with Crippen molar-refractivity contribution < 1.29 is 4.79 Å². The molecule has 0 aliphatic carbocycles. The summed E-state index contributed by atoms with van der Waals surface area (Å²) in [6.07, 6.45) is 5.17. The van der Waals surface area contributed by atoms with Crippen LogP contribution in [0.3, 0.4) is 0 Å². The van der Waals surface area contributed by atoms with Gasteiger partial charge in [-0.25, -0.2) is 4.98 Å². The maximum atomic E-state index is 12.5. The number of aryl methyl sites for hydroxylation is 1. The van der Waals surface area contributed by atoms with Crippen LogP contribution in [0.25, 0.3) is 0 Å². The smallest absolute Gasteiger partial charge is 0.253 e. The van der Waals surface area contributed by atoms with Gasteiger partial charge in [0.25, 0.3) is 5.91 Å². The summed E-state index contributed by atoms with van der Waals surface area (Å²) in [5.74, 6) is 0.767. The van der Waals surface area contributed by atoms with Crippen molar-refractivity contribution in [3.63, 3.8) is 0 Å². The monoisotopic (exact) mass is 342 g/mol. The second-order valence-corrected chi connectivity index (χ2v) is 6.42. The number of nitrogens with one attached hydrogen (secondary N) is 1. The Hall–Kier alpha value is -2.61. The third-order valence-corrected chi connectivity index (χ3v) is 4.44. The molecule has 2 heterocycles. The minimum atomic E-state index is -0.00621. The molecule has 124 valence electrons. The highest BCUT2D eigenvalue weighted by Crippen LogP contribution is 2.19. The average Bonchev–Trinajstić information content (AvgIpc) is 3.24. The Morgan fingerprint density at radius 1 is 1.29 bits per heavy atom. The lowest BCUT2D eigenvalue weighted by atomic mass is 10.1. The van der Waals surface area contributed by atoms with Crippen molar-refractivity contribution in [2.24, 2.45) is 7.05 Å². The van der Waals surface area contributed by atoms with E-state index in [4.69, 9.17) is 0 Å². The lowest BCUT2D eigenvalue weighted by Gasteiger charge is -2.16. The molecular formula is C16H18N6OS. The summed E-state index contributed by atoms with van der Waals surface area (Å²) in [5.41, 5.74) is 2.81. The summed E-state index contributed by atoms with van der Waals surface area (Å²) in [4.78, 5) is 18.2. The lowest BCUT2D eigenvalue weighted by Crippen LogP contribution is -2.26. The van der Waals surface area contributed by atoms with E-state index in [2.05, 4.69) is 20.3 Å². The zero-order chi connectivity index (χ0) is 16.9. The molecule has 0 radical (unpaired) electrons. The van der Waals surface area contributed by atoms with Gasteiger partial charge in [-0.3, -0.25) is 14.6 Å². The Morgan fingerprint density at radius 3 is 2.71 bits per heavy atom. The number of carbonyl (C=O) groups is 1. The van der Waals surface area contributed by atoms with Crippen molar-refractivity contribution in [2.45, 2.75) is 17.5 Å². The lowest BCUT2D eigenvalue weighted by molar-refractivity contribution is 0.0785. The maximum absolute atomic E-state index is 12.5. The first-order valence-corrected chi connectivity index (χ1v) is 8.40. The normalized spacial score (nSPS) is 10.8. The van der Waals surface area contributed by atoms with E-state index in [1.807, 2.05) is 37.5 Å². The van der Waals surface area contributed by atoms with Crippen LogP contribution in [0.15, 0.2) is 48.1 Å². The number of hydrogen-bond donors (Lipinski definition) is 1. The van der Waals surface area contributed by atoms with Crippen molar-refractivity contribution in [3.05, 3.63) is 59.7 Å². The molecule has 3 aromatic rings. The van der Waals surface area contributed by atoms with Gasteiger partial charge in [-0.05, 0) is 17.7 Å². The quantitative estimate of drug-likeness (QED) is 0.694. The number of benzene rings is 1. The first-order valence-electron chi connectivity index (χ1n) is 7.42. The molecule has 1 amide bonds. The highest BCUT2D eigenvalue weighted by Gasteiger charge is 2.12. The van der Waals surface area contributed by atoms with E-state index in [1.165, 1.54) is 6.33 Å². The van der Waals surface area contributed by atoms with E-state index >= 15 is 0 Å². The van der Waals surface area contributed by atoms with E-state index < -0.39 is 0 Å². The SMILES string of the molecule is CN(Cc1cnn(C)c1)C(=O)c1ccc(CSc2ncn[nH]2)cc1. The number of thioether (sulfide) groups is 1. The van der Waals surface area contributed by atoms with Crippen molar-refractivity contribution >= 4 is 17.7 Å². The van der Waals surface area contributed by atoms with Gasteiger partial charge in [0.05, 0.1) is 6.20 Å². The van der Waals surface area contributed by atoms with Crippen LogP contribution in [-0.4, -0.2) is 42.8 Å². The van der Waals surface area contributed by atoms with Gasteiger partial charge in [0.2, 0.25) is 0 Å². The second kappa shape index (κ2) is 7.31. The molecule has 0 aliphatic rings. The van der Waals surface area contributed by atoms with Gasteiger partial charge in [0, 0.05) is 43.7 Å². The van der Waals surface area contributed by atoms with Crippen molar-refractivity contribution in [3.8, 4) is 0 Å². The Morgan fingerprint density at radius 2 is 2.08 bits per heavy atom. The van der Waals surface area contributed by atoms with Crippen LogP contribution in [-0.2, 0) is 19.3 Å². The van der Waals surface area contributed by atoms with Crippen LogP contribution in [0.1, 0.15) is 21.5 Å². The van der Waals surface area contributed by atoms with Crippen molar-refractivity contribution in [1.29, 1.82) is 0 Å². The summed E-state index contributed by atoms with van der Waals surface area (Å²) in [6, 6.07) is 7.65. The van der Waals surface area contributed by atoms with E-state index in [9.17, 15) is 4.79 Å². The maximum Gasteiger partial charge on any atom is 0.253 e. The standard InChI is InChI=1S/C16H18N6OS/c1-21(8-13-7-19-22(2)9-13)15(23)14-5-3-12(4-6-14)10-24-16-17-11-18-20-16/h3-7,9,11H,8,10H2,1-2H3,(H,17,18,20). The number of aromatic nitrogens is 5. The highest BCUT2D eigenvalue weighted by molar-refractivity contribution is 7.98. The summed E-state index contributed by atoms with van der Waals surface area (Å²) < 4.78 is 1.73. The number of H-pyrrole nitrogens is 1.